The number of nitriles is 1. The highest BCUT2D eigenvalue weighted by Crippen LogP contribution is 2.33. The number of benzene rings is 1. The van der Waals surface area contributed by atoms with Crippen molar-refractivity contribution in [3.8, 4) is 6.19 Å². The predicted octanol–water partition coefficient (Wildman–Crippen LogP) is 3.44. The summed E-state index contributed by atoms with van der Waals surface area (Å²) < 4.78 is 1.84. The Hall–Kier alpha value is -3.93. The van der Waals surface area contributed by atoms with Crippen molar-refractivity contribution in [2.24, 2.45) is 7.05 Å². The minimum Gasteiger partial charge on any atom is -0.351 e. The molecule has 2 aliphatic rings. The van der Waals surface area contributed by atoms with E-state index in [1.807, 2.05) is 41.9 Å². The maximum atomic E-state index is 14.2. The van der Waals surface area contributed by atoms with Crippen LogP contribution in [-0.2, 0) is 16.6 Å². The number of nitrogens with one attached hydrogen (secondary N) is 1. The quantitative estimate of drug-likeness (QED) is 0.536. The summed E-state index contributed by atoms with van der Waals surface area (Å²) in [6.07, 6.45) is 11.9. The van der Waals surface area contributed by atoms with Gasteiger partial charge in [0.2, 0.25) is 11.9 Å². The molecule has 9 heteroatoms. The van der Waals surface area contributed by atoms with Crippen LogP contribution in [0.3, 0.4) is 0 Å². The number of imidazole rings is 1. The van der Waals surface area contributed by atoms with E-state index in [2.05, 4.69) is 16.5 Å². The van der Waals surface area contributed by atoms with Crippen LogP contribution in [0.5, 0.6) is 0 Å². The van der Waals surface area contributed by atoms with Crippen molar-refractivity contribution in [2.45, 2.75) is 63.1 Å². The highest BCUT2D eigenvalue weighted by Gasteiger charge is 2.42. The van der Waals surface area contributed by atoms with Crippen LogP contribution < -0.4 is 10.2 Å². The van der Waals surface area contributed by atoms with Gasteiger partial charge in [0.1, 0.15) is 12.1 Å². The van der Waals surface area contributed by atoms with Crippen LogP contribution in [0.25, 0.3) is 11.0 Å². The molecule has 1 N–H and O–H groups in total. The molecule has 2 unspecified atom stereocenters. The lowest BCUT2D eigenvalue weighted by Gasteiger charge is -2.34. The second-order valence-electron chi connectivity index (χ2n) is 9.65. The first-order valence-corrected chi connectivity index (χ1v) is 12.7. The van der Waals surface area contributed by atoms with Gasteiger partial charge in [0.15, 0.2) is 6.19 Å². The van der Waals surface area contributed by atoms with Gasteiger partial charge in [0, 0.05) is 37.6 Å². The number of anilines is 1. The van der Waals surface area contributed by atoms with Gasteiger partial charge in [-0.15, -0.1) is 0 Å². The lowest BCUT2D eigenvalue weighted by atomic mass is 9.94. The highest BCUT2D eigenvalue weighted by atomic mass is 16.2. The van der Waals surface area contributed by atoms with Crippen LogP contribution in [0.4, 0.5) is 5.95 Å². The number of hydrogen-bond acceptors (Lipinski definition) is 6. The van der Waals surface area contributed by atoms with Gasteiger partial charge in [0.25, 0.3) is 5.91 Å². The fourth-order valence-electron chi connectivity index (χ4n) is 5.48. The molecule has 0 radical (unpaired) electrons. The molecular formula is C27H31N7O2. The number of carbonyl (C=O) groups excluding carboxylic acids is 2. The predicted molar refractivity (Wildman–Crippen MR) is 136 cm³/mol. The second-order valence-corrected chi connectivity index (χ2v) is 9.65. The van der Waals surface area contributed by atoms with Gasteiger partial charge in [-0.1, -0.05) is 37.5 Å². The van der Waals surface area contributed by atoms with Crippen LogP contribution in [0.2, 0.25) is 0 Å². The molecule has 5 rings (SSSR count). The molecule has 2 aromatic heterocycles. The normalized spacial score (nSPS) is 19.1. The van der Waals surface area contributed by atoms with Crippen molar-refractivity contribution < 1.29 is 9.59 Å². The number of nitrogens with zero attached hydrogens (tertiary/aromatic N) is 6. The molecule has 1 saturated heterocycles. The summed E-state index contributed by atoms with van der Waals surface area (Å²) in [4.78, 5) is 40.3. The van der Waals surface area contributed by atoms with E-state index in [0.29, 0.717) is 24.5 Å². The van der Waals surface area contributed by atoms with E-state index in [1.165, 1.54) is 16.2 Å². The van der Waals surface area contributed by atoms with Crippen molar-refractivity contribution in [1.29, 1.82) is 5.26 Å². The first-order chi connectivity index (χ1) is 17.6. The molecule has 1 aromatic carbocycles. The molecule has 1 aliphatic carbocycles. The van der Waals surface area contributed by atoms with E-state index in [-0.39, 0.29) is 17.9 Å². The molecule has 3 heterocycles. The molecule has 186 valence electrons. The van der Waals surface area contributed by atoms with Gasteiger partial charge < -0.3 is 9.88 Å². The fraction of sp³-hybridized carbons (Fsp3) is 0.444. The molecular weight excluding hydrogens is 454 g/mol. The minimum absolute atomic E-state index is 0.0740. The number of aryl methyl sites for hydroxylation is 1. The van der Waals surface area contributed by atoms with E-state index >= 15 is 0 Å². The Bertz CT molecular complexity index is 1280. The maximum absolute atomic E-state index is 14.2. The average molecular weight is 486 g/mol. The van der Waals surface area contributed by atoms with Crippen LogP contribution in [0, 0.1) is 11.5 Å². The Morgan fingerprint density at radius 1 is 1.11 bits per heavy atom. The van der Waals surface area contributed by atoms with Gasteiger partial charge in [-0.05, 0) is 43.9 Å². The molecule has 1 aliphatic heterocycles. The van der Waals surface area contributed by atoms with E-state index in [9.17, 15) is 14.9 Å². The average Bonchev–Trinajstić information content (AvgIpc) is 3.52. The van der Waals surface area contributed by atoms with E-state index in [0.717, 1.165) is 43.1 Å². The number of hydrogen-bond donors (Lipinski definition) is 1. The molecule has 3 aromatic rings. The summed E-state index contributed by atoms with van der Waals surface area (Å²) in [5, 5.41) is 12.9. The molecule has 0 spiro atoms. The minimum atomic E-state index is -0.968. The number of likely N-dealkylation sites (tertiary alicyclic amines) is 1. The van der Waals surface area contributed by atoms with Crippen molar-refractivity contribution >= 4 is 28.8 Å². The highest BCUT2D eigenvalue weighted by molar-refractivity contribution is 6.03. The SMILES string of the molecule is Cn1c(N(C(=O)C2CCCN2C#N)C(C(=O)NC2CCCCC2)c2cccnc2)nc2ccccc21. The van der Waals surface area contributed by atoms with Gasteiger partial charge in [-0.3, -0.25) is 24.4 Å². The zero-order valence-electron chi connectivity index (χ0n) is 20.5. The van der Waals surface area contributed by atoms with Crippen LogP contribution in [0.1, 0.15) is 56.6 Å². The van der Waals surface area contributed by atoms with Crippen LogP contribution in [0.15, 0.2) is 48.8 Å². The lowest BCUT2D eigenvalue weighted by molar-refractivity contribution is -0.128. The Labute approximate surface area is 210 Å². The summed E-state index contributed by atoms with van der Waals surface area (Å²) in [6, 6.07) is 9.69. The van der Waals surface area contributed by atoms with Crippen LogP contribution >= 0.6 is 0 Å². The van der Waals surface area contributed by atoms with Gasteiger partial charge in [-0.2, -0.15) is 5.26 Å². The molecule has 1 saturated carbocycles. The molecule has 36 heavy (non-hydrogen) atoms. The third kappa shape index (κ3) is 4.51. The third-order valence-electron chi connectivity index (χ3n) is 7.34. The largest absolute Gasteiger partial charge is 0.351 e. The summed E-state index contributed by atoms with van der Waals surface area (Å²) in [5.74, 6) is -0.185. The summed E-state index contributed by atoms with van der Waals surface area (Å²) >= 11 is 0. The van der Waals surface area contributed by atoms with Crippen molar-refractivity contribution in [3.63, 3.8) is 0 Å². The van der Waals surface area contributed by atoms with Crippen molar-refractivity contribution in [1.82, 2.24) is 24.8 Å². The first kappa shape index (κ1) is 23.8. The van der Waals surface area contributed by atoms with Crippen molar-refractivity contribution in [3.05, 3.63) is 54.4 Å². The Kier molecular flexibility index (Phi) is 6.85. The van der Waals surface area contributed by atoms with Gasteiger partial charge in [0.05, 0.1) is 11.0 Å². The topological polar surface area (TPSA) is 107 Å². The fourth-order valence-corrected chi connectivity index (χ4v) is 5.48. The maximum Gasteiger partial charge on any atom is 0.253 e. The number of rotatable bonds is 6. The Balaban J connectivity index is 1.63. The summed E-state index contributed by atoms with van der Waals surface area (Å²) in [5.41, 5.74) is 2.19. The third-order valence-corrected chi connectivity index (χ3v) is 7.34. The van der Waals surface area contributed by atoms with E-state index in [4.69, 9.17) is 4.98 Å². The van der Waals surface area contributed by atoms with E-state index < -0.39 is 12.1 Å². The zero-order valence-corrected chi connectivity index (χ0v) is 20.5. The summed E-state index contributed by atoms with van der Waals surface area (Å²) in [6.45, 7) is 0.523. The second kappa shape index (κ2) is 10.4. The number of aromatic nitrogens is 3. The van der Waals surface area contributed by atoms with Gasteiger partial charge >= 0.3 is 0 Å². The number of fused-ring (bicyclic) bond motifs is 1. The Morgan fingerprint density at radius 3 is 2.64 bits per heavy atom. The number of para-hydroxylation sites is 2. The zero-order chi connectivity index (χ0) is 25.1. The monoisotopic (exact) mass is 485 g/mol. The Morgan fingerprint density at radius 2 is 1.92 bits per heavy atom. The molecule has 9 nitrogen and oxygen atoms in total. The van der Waals surface area contributed by atoms with Gasteiger partial charge in [-0.25, -0.2) is 4.98 Å². The molecule has 2 atom stereocenters. The summed E-state index contributed by atoms with van der Waals surface area (Å²) in [7, 11) is 1.85. The lowest BCUT2D eigenvalue weighted by Crippen LogP contribution is -2.52. The van der Waals surface area contributed by atoms with E-state index in [1.54, 1.807) is 18.5 Å². The van der Waals surface area contributed by atoms with Crippen LogP contribution in [-0.4, -0.2) is 49.9 Å². The number of carbonyl (C=O) groups is 2. The molecule has 2 fully saturated rings. The number of pyridine rings is 1. The first-order valence-electron chi connectivity index (χ1n) is 12.7. The molecule has 2 amide bonds. The standard InChI is InChI=1S/C27H31N7O2/c1-32-22-13-6-5-12-21(22)31-27(32)34(26(36)23-14-8-16-33(23)18-28)24(19-9-7-15-29-17-19)25(35)30-20-10-3-2-4-11-20/h5-7,9,12-13,15,17,20,23-24H,2-4,8,10-11,14,16H2,1H3,(H,30,35). The smallest absolute Gasteiger partial charge is 0.253 e. The number of amides is 2. The van der Waals surface area contributed by atoms with Crippen molar-refractivity contribution in [2.75, 3.05) is 11.4 Å². The molecule has 0 bridgehead atoms.